The Hall–Kier alpha value is -3.07. The van der Waals surface area contributed by atoms with Gasteiger partial charge in [0, 0.05) is 71.9 Å². The van der Waals surface area contributed by atoms with Gasteiger partial charge in [-0.05, 0) is 36.4 Å². The minimum absolute atomic E-state index is 0. The number of aromatic nitrogens is 3. The summed E-state index contributed by atoms with van der Waals surface area (Å²) in [7, 11) is 0. The molecule has 0 saturated carbocycles. The summed E-state index contributed by atoms with van der Waals surface area (Å²) in [5.41, 5.74) is 4.13. The van der Waals surface area contributed by atoms with Crippen LogP contribution >= 0.6 is 0 Å². The number of carboxylic acids is 2. The predicted octanol–water partition coefficient (Wildman–Crippen LogP) is 2.63. The van der Waals surface area contributed by atoms with Crippen molar-refractivity contribution in [3.05, 3.63) is 89.8 Å². The zero-order valence-corrected chi connectivity index (χ0v) is 21.9. The zero-order chi connectivity index (χ0) is 23.6. The van der Waals surface area contributed by atoms with E-state index < -0.39 is 11.9 Å². The first-order chi connectivity index (χ1) is 15.4. The molecule has 0 radical (unpaired) electrons. The quantitative estimate of drug-likeness (QED) is 0.341. The van der Waals surface area contributed by atoms with Gasteiger partial charge in [-0.15, -0.1) is 0 Å². The summed E-state index contributed by atoms with van der Waals surface area (Å²) in [4.78, 5) is 31.3. The second-order valence-corrected chi connectivity index (χ2v) is 6.51. The van der Waals surface area contributed by atoms with Crippen molar-refractivity contribution in [1.82, 2.24) is 25.6 Å². The van der Waals surface area contributed by atoms with Crippen LogP contribution in [0.4, 0.5) is 0 Å². The number of rotatable bonds is 8. The molecule has 3 aromatic heterocycles. The van der Waals surface area contributed by atoms with Crippen LogP contribution in [0.15, 0.2) is 67.0 Å². The van der Waals surface area contributed by atoms with Gasteiger partial charge in [0.1, 0.15) is 0 Å². The summed E-state index contributed by atoms with van der Waals surface area (Å²) < 4.78 is 0. The van der Waals surface area contributed by atoms with Crippen LogP contribution in [0.2, 0.25) is 0 Å². The Kier molecular flexibility index (Phi) is 16.8. The molecular weight excluding hydrogens is 476 g/mol. The third kappa shape index (κ3) is 17.2. The van der Waals surface area contributed by atoms with E-state index in [1.165, 1.54) is 0 Å². The fourth-order valence-electron chi connectivity index (χ4n) is 2.37. The zero-order valence-electron chi connectivity index (χ0n) is 18.9. The molecule has 3 heterocycles. The van der Waals surface area contributed by atoms with Gasteiger partial charge in [-0.1, -0.05) is 18.2 Å². The van der Waals surface area contributed by atoms with Gasteiger partial charge in [0.15, 0.2) is 0 Å². The van der Waals surface area contributed by atoms with Crippen LogP contribution < -0.4 is 10.6 Å². The number of nitrogens with one attached hydrogen (secondary N) is 2. The Morgan fingerprint density at radius 1 is 0.667 bits per heavy atom. The average Bonchev–Trinajstić information content (AvgIpc) is 2.75. The number of nitrogens with zero attached hydrogens (tertiary/aromatic N) is 3. The van der Waals surface area contributed by atoms with Crippen LogP contribution in [0.3, 0.4) is 0 Å². The largest absolute Gasteiger partial charge is 0.481 e. The summed E-state index contributed by atoms with van der Waals surface area (Å²) in [6, 6.07) is 18.0. The second kappa shape index (κ2) is 18.5. The van der Waals surface area contributed by atoms with Gasteiger partial charge in [0.2, 0.25) is 0 Å². The molecule has 0 aromatic carbocycles. The molecule has 10 heteroatoms. The number of hydrogen-bond acceptors (Lipinski definition) is 7. The van der Waals surface area contributed by atoms with Crippen LogP contribution in [0.5, 0.6) is 0 Å². The molecule has 0 saturated heterocycles. The summed E-state index contributed by atoms with van der Waals surface area (Å²) >= 11 is 0. The first-order valence-corrected chi connectivity index (χ1v) is 9.92. The van der Waals surface area contributed by atoms with Crippen molar-refractivity contribution >= 4 is 11.9 Å². The van der Waals surface area contributed by atoms with Crippen molar-refractivity contribution in [2.45, 2.75) is 40.0 Å². The summed E-state index contributed by atoms with van der Waals surface area (Å²) in [5, 5.41) is 21.6. The standard InChI is InChI=1S/C19H21N5.2C2H4O2.Zn/c1-3-10-22-16(6-1)12-20-14-18-8-5-9-19(24-18)15-21-13-17-7-2-4-11-23-17;2*1-2(3)4;/h1-11,20-21H,12-15H2;2*1H3,(H,3,4);. The van der Waals surface area contributed by atoms with Crippen molar-refractivity contribution in [2.24, 2.45) is 0 Å². The first-order valence-electron chi connectivity index (χ1n) is 9.92. The van der Waals surface area contributed by atoms with Crippen molar-refractivity contribution in [3.63, 3.8) is 0 Å². The van der Waals surface area contributed by atoms with E-state index in [4.69, 9.17) is 19.8 Å². The number of pyridine rings is 3. The van der Waals surface area contributed by atoms with Gasteiger partial charge in [-0.2, -0.15) is 0 Å². The number of aliphatic carboxylic acids is 2. The maximum atomic E-state index is 9.00. The second-order valence-electron chi connectivity index (χ2n) is 6.51. The van der Waals surface area contributed by atoms with Crippen LogP contribution in [-0.2, 0) is 55.2 Å². The fourth-order valence-corrected chi connectivity index (χ4v) is 2.37. The molecule has 0 amide bonds. The molecular formula is C23H29N5O4Zn. The van der Waals surface area contributed by atoms with Crippen LogP contribution in [0.1, 0.15) is 36.6 Å². The van der Waals surface area contributed by atoms with Crippen molar-refractivity contribution in [3.8, 4) is 0 Å². The normalized spacial score (nSPS) is 9.27. The van der Waals surface area contributed by atoms with Crippen LogP contribution in [-0.4, -0.2) is 37.1 Å². The molecule has 0 spiro atoms. The summed E-state index contributed by atoms with van der Waals surface area (Å²) in [5.74, 6) is -1.67. The summed E-state index contributed by atoms with van der Waals surface area (Å²) in [6.07, 6.45) is 3.62. The monoisotopic (exact) mass is 503 g/mol. The van der Waals surface area contributed by atoms with E-state index >= 15 is 0 Å². The Bertz CT molecular complexity index is 850. The molecule has 0 atom stereocenters. The number of carboxylic acid groups (broad SMARTS) is 2. The molecule has 0 fully saturated rings. The van der Waals surface area contributed by atoms with Crippen molar-refractivity contribution in [2.75, 3.05) is 0 Å². The van der Waals surface area contributed by atoms with Crippen molar-refractivity contribution < 1.29 is 39.3 Å². The minimum Gasteiger partial charge on any atom is -0.481 e. The van der Waals surface area contributed by atoms with Gasteiger partial charge >= 0.3 is 0 Å². The van der Waals surface area contributed by atoms with E-state index in [9.17, 15) is 0 Å². The maximum Gasteiger partial charge on any atom is 0.300 e. The molecule has 33 heavy (non-hydrogen) atoms. The molecule has 9 nitrogen and oxygen atoms in total. The third-order valence-electron chi connectivity index (χ3n) is 3.54. The molecule has 172 valence electrons. The van der Waals surface area contributed by atoms with E-state index in [-0.39, 0.29) is 19.5 Å². The van der Waals surface area contributed by atoms with E-state index in [0.717, 1.165) is 62.8 Å². The summed E-state index contributed by atoms with van der Waals surface area (Å²) in [6.45, 7) is 5.10. The van der Waals surface area contributed by atoms with Gasteiger partial charge < -0.3 is 20.8 Å². The molecule has 3 rings (SSSR count). The fraction of sp³-hybridized carbons (Fsp3) is 0.261. The van der Waals surface area contributed by atoms with Gasteiger partial charge in [-0.25, -0.2) is 0 Å². The van der Waals surface area contributed by atoms with E-state index in [1.54, 1.807) is 0 Å². The minimum atomic E-state index is -0.833. The Morgan fingerprint density at radius 3 is 1.33 bits per heavy atom. The smallest absolute Gasteiger partial charge is 0.300 e. The van der Waals surface area contributed by atoms with Crippen LogP contribution in [0.25, 0.3) is 0 Å². The average molecular weight is 505 g/mol. The van der Waals surface area contributed by atoms with E-state index in [0.29, 0.717) is 0 Å². The maximum absolute atomic E-state index is 9.00. The van der Waals surface area contributed by atoms with E-state index in [1.807, 2.05) is 67.0 Å². The third-order valence-corrected chi connectivity index (χ3v) is 3.54. The van der Waals surface area contributed by atoms with E-state index in [2.05, 4.69) is 25.6 Å². The predicted molar refractivity (Wildman–Crippen MR) is 120 cm³/mol. The molecule has 0 aliphatic heterocycles. The SMILES string of the molecule is CC(=O)O.CC(=O)O.[Zn].c1ccc(CNCc2cccc(CNCc3ccccn3)n2)nc1. The van der Waals surface area contributed by atoms with Gasteiger partial charge in [0.05, 0.1) is 22.8 Å². The molecule has 0 unspecified atom stereocenters. The molecule has 0 bridgehead atoms. The Morgan fingerprint density at radius 2 is 1.00 bits per heavy atom. The first kappa shape index (κ1) is 29.9. The molecule has 0 aliphatic rings. The van der Waals surface area contributed by atoms with Crippen LogP contribution in [0, 0.1) is 0 Å². The topological polar surface area (TPSA) is 137 Å². The van der Waals surface area contributed by atoms with Crippen molar-refractivity contribution in [1.29, 1.82) is 0 Å². The molecule has 3 aromatic rings. The number of carbonyl (C=O) groups is 2. The Balaban J connectivity index is 0.000000991. The number of hydrogen-bond donors (Lipinski definition) is 4. The Labute approximate surface area is 206 Å². The molecule has 4 N–H and O–H groups in total. The van der Waals surface area contributed by atoms with Gasteiger partial charge in [0.25, 0.3) is 11.9 Å². The van der Waals surface area contributed by atoms with Gasteiger partial charge in [-0.3, -0.25) is 24.5 Å². The molecule has 0 aliphatic carbocycles.